The van der Waals surface area contributed by atoms with Crippen LogP contribution in [0.4, 0.5) is 9.59 Å². The molecular formula is C29H44N6O7. The predicted molar refractivity (Wildman–Crippen MR) is 154 cm³/mol. The molecule has 4 rings (SSSR count). The van der Waals surface area contributed by atoms with Gasteiger partial charge in [0.25, 0.3) is 5.91 Å². The molecule has 2 aromatic rings. The van der Waals surface area contributed by atoms with E-state index in [4.69, 9.17) is 28.4 Å². The van der Waals surface area contributed by atoms with E-state index in [2.05, 4.69) is 10.1 Å². The number of hydrogen-bond acceptors (Lipinski definition) is 9. The Bertz CT molecular complexity index is 1370. The third kappa shape index (κ3) is 7.49. The largest absolute Gasteiger partial charge is 0.453 e. The van der Waals surface area contributed by atoms with E-state index < -0.39 is 43.0 Å². The number of pyridine rings is 1. The summed E-state index contributed by atoms with van der Waals surface area (Å²) in [5.74, 6) is -0.293. The molecular weight excluding hydrogens is 544 g/mol. The lowest BCUT2D eigenvalue weighted by Crippen LogP contribution is -2.59. The van der Waals surface area contributed by atoms with Crippen molar-refractivity contribution in [3.63, 3.8) is 0 Å². The monoisotopic (exact) mass is 591 g/mol. The molecule has 3 amide bonds. The smallest absolute Gasteiger partial charge is 0.410 e. The number of aryl methyl sites for hydroxylation is 2. The molecule has 13 heteroatoms. The SMILES string of the molecule is [2H]C([2H])([2H])OC[C@H]1CO[C@@H](C(=O)N(C2CC2)[C@H](C)c2nn(CCCNC(=O)OC)c3nc(C)ccc23)CN1C(=O)OC(C)(C)C. The van der Waals surface area contributed by atoms with Gasteiger partial charge in [-0.15, -0.1) is 0 Å². The van der Waals surface area contributed by atoms with Crippen LogP contribution in [0.2, 0.25) is 0 Å². The molecule has 1 saturated carbocycles. The summed E-state index contributed by atoms with van der Waals surface area (Å²) in [5, 5.41) is 8.37. The lowest BCUT2D eigenvalue weighted by atomic mass is 10.1. The maximum atomic E-state index is 14.2. The number of fused-ring (bicyclic) bond motifs is 1. The van der Waals surface area contributed by atoms with Crippen LogP contribution in [0, 0.1) is 6.92 Å². The van der Waals surface area contributed by atoms with Gasteiger partial charge in [0.05, 0.1) is 48.8 Å². The highest BCUT2D eigenvalue weighted by atomic mass is 16.6. The van der Waals surface area contributed by atoms with Crippen molar-refractivity contribution in [1.82, 2.24) is 29.9 Å². The van der Waals surface area contributed by atoms with Gasteiger partial charge in [-0.2, -0.15) is 5.10 Å². The van der Waals surface area contributed by atoms with Gasteiger partial charge in [-0.1, -0.05) is 0 Å². The molecule has 0 radical (unpaired) electrons. The van der Waals surface area contributed by atoms with Gasteiger partial charge in [-0.05, 0) is 66.0 Å². The number of morpholine rings is 1. The highest BCUT2D eigenvalue weighted by Gasteiger charge is 2.44. The van der Waals surface area contributed by atoms with Crippen LogP contribution in [0.1, 0.15) is 68.5 Å². The molecule has 2 aliphatic rings. The van der Waals surface area contributed by atoms with Gasteiger partial charge in [0, 0.05) is 37.2 Å². The van der Waals surface area contributed by atoms with E-state index in [1.165, 1.54) is 12.0 Å². The second-order valence-corrected chi connectivity index (χ2v) is 11.8. The summed E-state index contributed by atoms with van der Waals surface area (Å²) in [6.45, 7) is 9.36. The lowest BCUT2D eigenvalue weighted by molar-refractivity contribution is -0.156. The molecule has 0 unspecified atom stereocenters. The molecule has 2 aromatic heterocycles. The first-order valence-electron chi connectivity index (χ1n) is 15.8. The summed E-state index contributed by atoms with van der Waals surface area (Å²) < 4.78 is 45.2. The normalized spacial score (nSPS) is 21.2. The molecule has 1 N–H and O–H groups in total. The van der Waals surface area contributed by atoms with Gasteiger partial charge >= 0.3 is 12.2 Å². The number of ether oxygens (including phenoxy) is 4. The van der Waals surface area contributed by atoms with Gasteiger partial charge in [0.15, 0.2) is 11.8 Å². The molecule has 0 spiro atoms. The van der Waals surface area contributed by atoms with Crippen LogP contribution in [0.25, 0.3) is 11.0 Å². The first-order valence-corrected chi connectivity index (χ1v) is 14.3. The number of amides is 3. The fourth-order valence-electron chi connectivity index (χ4n) is 5.09. The van der Waals surface area contributed by atoms with Gasteiger partial charge in [-0.3, -0.25) is 9.69 Å². The minimum absolute atomic E-state index is 0.0226. The van der Waals surface area contributed by atoms with E-state index >= 15 is 0 Å². The third-order valence-electron chi connectivity index (χ3n) is 7.24. The average molecular weight is 592 g/mol. The molecule has 42 heavy (non-hydrogen) atoms. The summed E-state index contributed by atoms with van der Waals surface area (Å²) in [4.78, 5) is 46.6. The van der Waals surface area contributed by atoms with Gasteiger partial charge in [0.1, 0.15) is 5.60 Å². The molecule has 3 atom stereocenters. The summed E-state index contributed by atoms with van der Waals surface area (Å²) >= 11 is 0. The number of nitrogens with one attached hydrogen (secondary N) is 1. The number of aromatic nitrogens is 3. The van der Waals surface area contributed by atoms with Crippen LogP contribution in [-0.2, 0) is 30.3 Å². The van der Waals surface area contributed by atoms with Crippen molar-refractivity contribution in [2.24, 2.45) is 0 Å². The van der Waals surface area contributed by atoms with Crippen LogP contribution in [-0.4, -0.2) is 107 Å². The van der Waals surface area contributed by atoms with Crippen molar-refractivity contribution < 1.29 is 37.4 Å². The molecule has 0 bridgehead atoms. The molecule has 1 aliphatic carbocycles. The molecule has 2 fully saturated rings. The number of methoxy groups -OCH3 is 2. The van der Waals surface area contributed by atoms with E-state index in [1.807, 2.05) is 26.0 Å². The molecule has 13 nitrogen and oxygen atoms in total. The van der Waals surface area contributed by atoms with E-state index in [1.54, 1.807) is 30.4 Å². The van der Waals surface area contributed by atoms with Crippen molar-refractivity contribution in [3.05, 3.63) is 23.5 Å². The zero-order valence-electron chi connectivity index (χ0n) is 28.2. The second kappa shape index (κ2) is 13.2. The average Bonchev–Trinajstić information content (AvgIpc) is 3.73. The maximum Gasteiger partial charge on any atom is 0.410 e. The van der Waals surface area contributed by atoms with Crippen LogP contribution in [0.15, 0.2) is 12.1 Å². The van der Waals surface area contributed by atoms with Gasteiger partial charge in [0.2, 0.25) is 0 Å². The zero-order chi connectivity index (χ0) is 33.1. The quantitative estimate of drug-likeness (QED) is 0.413. The fraction of sp³-hybridized carbons (Fsp3) is 0.690. The van der Waals surface area contributed by atoms with Gasteiger partial charge in [-0.25, -0.2) is 19.3 Å². The van der Waals surface area contributed by atoms with Gasteiger partial charge < -0.3 is 29.2 Å². The van der Waals surface area contributed by atoms with Crippen LogP contribution < -0.4 is 5.32 Å². The first-order chi connectivity index (χ1) is 21.1. The van der Waals surface area contributed by atoms with Crippen molar-refractivity contribution in [2.45, 2.75) is 90.3 Å². The van der Waals surface area contributed by atoms with Crippen molar-refractivity contribution in [3.8, 4) is 0 Å². The van der Waals surface area contributed by atoms with E-state index in [0.717, 1.165) is 23.9 Å². The predicted octanol–water partition coefficient (Wildman–Crippen LogP) is 3.19. The Morgan fingerprint density at radius 1 is 1.29 bits per heavy atom. The Morgan fingerprint density at radius 3 is 2.71 bits per heavy atom. The van der Waals surface area contributed by atoms with Crippen molar-refractivity contribution >= 4 is 29.1 Å². The first kappa shape index (κ1) is 27.4. The molecule has 1 saturated heterocycles. The van der Waals surface area contributed by atoms with Crippen LogP contribution in [0.3, 0.4) is 0 Å². The maximum absolute atomic E-state index is 14.2. The Hall–Kier alpha value is -3.45. The van der Waals surface area contributed by atoms with E-state index in [0.29, 0.717) is 30.9 Å². The van der Waals surface area contributed by atoms with E-state index in [9.17, 15) is 14.4 Å². The minimum atomic E-state index is -2.65. The topological polar surface area (TPSA) is 137 Å². The Morgan fingerprint density at radius 2 is 2.05 bits per heavy atom. The standard InChI is InChI=1S/C29H44N6O7/c1-18-9-12-22-24(32-34(25(22)31-18)14-8-13-30-27(37)40-7)19(2)35(20-10-11-20)26(36)23-15-33(21(16-39-6)17-41-23)28(38)42-29(3,4)5/h9,12,19-21,23H,8,10-11,13-17H2,1-7H3,(H,30,37)/t19-,21+,23-/m1/s1/i6D3. The molecule has 3 heterocycles. The highest BCUT2D eigenvalue weighted by Crippen LogP contribution is 2.37. The highest BCUT2D eigenvalue weighted by molar-refractivity contribution is 5.85. The molecule has 0 aromatic carbocycles. The Kier molecular flexibility index (Phi) is 8.63. The minimum Gasteiger partial charge on any atom is -0.453 e. The third-order valence-corrected chi connectivity index (χ3v) is 7.24. The van der Waals surface area contributed by atoms with Crippen molar-refractivity contribution in [2.75, 3.05) is 40.5 Å². The number of rotatable bonds is 10. The Balaban J connectivity index is 1.56. The fourth-order valence-corrected chi connectivity index (χ4v) is 5.09. The summed E-state index contributed by atoms with van der Waals surface area (Å²) in [6, 6.07) is 2.63. The van der Waals surface area contributed by atoms with Crippen LogP contribution in [0.5, 0.6) is 0 Å². The number of alkyl carbamates (subject to hydrolysis) is 1. The lowest BCUT2D eigenvalue weighted by Gasteiger charge is -2.41. The summed E-state index contributed by atoms with van der Waals surface area (Å²) in [5.41, 5.74) is 1.38. The Labute approximate surface area is 251 Å². The zero-order valence-corrected chi connectivity index (χ0v) is 25.2. The molecule has 232 valence electrons. The van der Waals surface area contributed by atoms with Crippen molar-refractivity contribution in [1.29, 1.82) is 0 Å². The van der Waals surface area contributed by atoms with Crippen LogP contribution >= 0.6 is 0 Å². The number of nitrogens with zero attached hydrogens (tertiary/aromatic N) is 5. The number of hydrogen-bond donors (Lipinski definition) is 1. The molecule has 1 aliphatic heterocycles. The summed E-state index contributed by atoms with van der Waals surface area (Å²) in [6.07, 6.45) is 0.0489. The second-order valence-electron chi connectivity index (χ2n) is 11.8. The number of carbonyl (C=O) groups excluding carboxylic acids is 3. The number of carbonyl (C=O) groups is 3. The summed E-state index contributed by atoms with van der Waals surface area (Å²) in [7, 11) is -1.34. The van der Waals surface area contributed by atoms with E-state index in [-0.39, 0.29) is 31.7 Å².